The Morgan fingerprint density at radius 1 is 0.964 bits per heavy atom. The van der Waals surface area contributed by atoms with Crippen LogP contribution in [0.4, 0.5) is 0 Å². The van der Waals surface area contributed by atoms with Gasteiger partial charge in [0.1, 0.15) is 18.1 Å². The summed E-state index contributed by atoms with van der Waals surface area (Å²) in [4.78, 5) is 47.7. The van der Waals surface area contributed by atoms with Crippen LogP contribution >= 0.6 is 11.8 Å². The normalized spacial score (nSPS) is 15.2. The molecule has 0 aromatic rings. The van der Waals surface area contributed by atoms with E-state index in [1.807, 2.05) is 20.1 Å². The number of carboxylic acid groups (broad SMARTS) is 1. The first-order valence-electron chi connectivity index (χ1n) is 9.02. The molecule has 0 aromatic heterocycles. The molecule has 4 unspecified atom stereocenters. The third kappa shape index (κ3) is 9.90. The fraction of sp³-hybridized carbons (Fsp3) is 0.765. The molecule has 0 aromatic carbocycles. The zero-order valence-corrected chi connectivity index (χ0v) is 17.5. The smallest absolute Gasteiger partial charge is 0.328 e. The summed E-state index contributed by atoms with van der Waals surface area (Å²) in [6.45, 7) is 4.37. The van der Waals surface area contributed by atoms with Crippen molar-refractivity contribution in [3.05, 3.63) is 0 Å². The second-order valence-electron chi connectivity index (χ2n) is 6.89. The molecule has 3 amide bonds. The van der Waals surface area contributed by atoms with E-state index in [0.717, 1.165) is 0 Å². The zero-order chi connectivity index (χ0) is 21.9. The van der Waals surface area contributed by atoms with Gasteiger partial charge in [0.15, 0.2) is 0 Å². The number of carbonyl (C=O) groups is 4. The molecule has 28 heavy (non-hydrogen) atoms. The number of carbonyl (C=O) groups excluding carboxylic acids is 3. The van der Waals surface area contributed by atoms with Gasteiger partial charge in [-0.1, -0.05) is 13.8 Å². The maximum Gasteiger partial charge on any atom is 0.328 e. The van der Waals surface area contributed by atoms with Gasteiger partial charge in [0.25, 0.3) is 0 Å². The Bertz CT molecular complexity index is 546. The third-order valence-corrected chi connectivity index (χ3v) is 4.50. The summed E-state index contributed by atoms with van der Waals surface area (Å²) in [7, 11) is 0. The molecule has 0 heterocycles. The number of thioether (sulfide) groups is 1. The van der Waals surface area contributed by atoms with Crippen LogP contribution in [0.25, 0.3) is 0 Å². The Balaban J connectivity index is 4.94. The molecule has 7 N–H and O–H groups in total. The van der Waals surface area contributed by atoms with Crippen molar-refractivity contribution in [1.29, 1.82) is 0 Å². The molecule has 0 bridgehead atoms. The van der Waals surface area contributed by atoms with E-state index in [1.165, 1.54) is 6.92 Å². The van der Waals surface area contributed by atoms with Crippen LogP contribution in [-0.2, 0) is 19.2 Å². The van der Waals surface area contributed by atoms with Gasteiger partial charge in [-0.15, -0.1) is 0 Å². The first kappa shape index (κ1) is 26.1. The molecule has 0 rings (SSSR count). The van der Waals surface area contributed by atoms with Crippen LogP contribution in [0.3, 0.4) is 0 Å². The highest BCUT2D eigenvalue weighted by Crippen LogP contribution is 2.07. The first-order chi connectivity index (χ1) is 13.0. The highest BCUT2D eigenvalue weighted by molar-refractivity contribution is 7.98. The summed E-state index contributed by atoms with van der Waals surface area (Å²) < 4.78 is 0. The largest absolute Gasteiger partial charge is 0.480 e. The van der Waals surface area contributed by atoms with Crippen LogP contribution < -0.4 is 21.7 Å². The Hall–Kier alpha value is -1.85. The maximum absolute atomic E-state index is 12.5. The maximum atomic E-state index is 12.5. The van der Waals surface area contributed by atoms with Crippen molar-refractivity contribution in [2.75, 3.05) is 18.6 Å². The van der Waals surface area contributed by atoms with Gasteiger partial charge in [-0.3, -0.25) is 14.4 Å². The van der Waals surface area contributed by atoms with E-state index in [1.54, 1.807) is 11.8 Å². The molecule has 0 saturated carbocycles. The van der Waals surface area contributed by atoms with Gasteiger partial charge >= 0.3 is 5.97 Å². The lowest BCUT2D eigenvalue weighted by molar-refractivity contribution is -0.143. The number of aliphatic carboxylic acids is 1. The van der Waals surface area contributed by atoms with Crippen molar-refractivity contribution < 1.29 is 29.4 Å². The van der Waals surface area contributed by atoms with Crippen molar-refractivity contribution in [3.63, 3.8) is 0 Å². The quantitative estimate of drug-likeness (QED) is 0.213. The minimum absolute atomic E-state index is 0.0911. The van der Waals surface area contributed by atoms with Crippen molar-refractivity contribution in [2.45, 2.75) is 57.8 Å². The van der Waals surface area contributed by atoms with Crippen LogP contribution in [0.2, 0.25) is 0 Å². The summed E-state index contributed by atoms with van der Waals surface area (Å²) in [6, 6.07) is -4.14. The molecule has 0 radical (unpaired) electrons. The topological polar surface area (TPSA) is 171 Å². The van der Waals surface area contributed by atoms with Crippen LogP contribution in [0.1, 0.15) is 33.6 Å². The molecule has 0 aliphatic carbocycles. The van der Waals surface area contributed by atoms with E-state index in [-0.39, 0.29) is 5.92 Å². The van der Waals surface area contributed by atoms with Crippen LogP contribution in [0, 0.1) is 5.92 Å². The minimum Gasteiger partial charge on any atom is -0.480 e. The van der Waals surface area contributed by atoms with Crippen molar-refractivity contribution in [3.8, 4) is 0 Å². The fourth-order valence-corrected chi connectivity index (χ4v) is 2.71. The second-order valence-corrected chi connectivity index (χ2v) is 7.88. The summed E-state index contributed by atoms with van der Waals surface area (Å²) in [5.41, 5.74) is 5.83. The highest BCUT2D eigenvalue weighted by atomic mass is 32.2. The number of hydrogen-bond donors (Lipinski definition) is 6. The summed E-state index contributed by atoms with van der Waals surface area (Å²) in [5.74, 6) is -2.37. The van der Waals surface area contributed by atoms with Crippen molar-refractivity contribution in [1.82, 2.24) is 16.0 Å². The number of aliphatic hydroxyl groups excluding tert-OH is 1. The van der Waals surface area contributed by atoms with E-state index in [9.17, 15) is 19.2 Å². The molecule has 0 fully saturated rings. The molecule has 162 valence electrons. The first-order valence-corrected chi connectivity index (χ1v) is 10.4. The molecule has 0 aliphatic heterocycles. The van der Waals surface area contributed by atoms with E-state index < -0.39 is 54.5 Å². The number of carboxylic acids is 1. The summed E-state index contributed by atoms with van der Waals surface area (Å²) >= 11 is 1.56. The average Bonchev–Trinajstić information content (AvgIpc) is 2.62. The molecule has 0 spiro atoms. The molecular formula is C17H32N4O6S. The number of aliphatic hydroxyl groups is 1. The van der Waals surface area contributed by atoms with Crippen LogP contribution in [0.5, 0.6) is 0 Å². The zero-order valence-electron chi connectivity index (χ0n) is 16.7. The van der Waals surface area contributed by atoms with Crippen molar-refractivity contribution >= 4 is 35.5 Å². The molecule has 0 saturated heterocycles. The standard InChI is InChI=1S/C17H32N4O6S/c1-9(2)7-12(20-15(24)11(18)5-6-28-4)16(25)19-10(3)14(23)21-13(8-22)17(26)27/h9-13,22H,5-8,18H2,1-4H3,(H,19,25)(H,20,24)(H,21,23)(H,26,27). The number of amides is 3. The van der Waals surface area contributed by atoms with Gasteiger partial charge in [0.05, 0.1) is 12.6 Å². The number of nitrogens with two attached hydrogens (primary N) is 1. The lowest BCUT2D eigenvalue weighted by atomic mass is 10.0. The van der Waals surface area contributed by atoms with Gasteiger partial charge in [-0.25, -0.2) is 4.79 Å². The van der Waals surface area contributed by atoms with Crippen molar-refractivity contribution in [2.24, 2.45) is 11.7 Å². The molecular weight excluding hydrogens is 388 g/mol. The lowest BCUT2D eigenvalue weighted by Crippen LogP contribution is -2.56. The highest BCUT2D eigenvalue weighted by Gasteiger charge is 2.28. The van der Waals surface area contributed by atoms with E-state index in [2.05, 4.69) is 16.0 Å². The Morgan fingerprint density at radius 2 is 1.54 bits per heavy atom. The van der Waals surface area contributed by atoms with Gasteiger partial charge in [0, 0.05) is 0 Å². The number of nitrogens with one attached hydrogen (secondary N) is 3. The van der Waals surface area contributed by atoms with E-state index in [0.29, 0.717) is 18.6 Å². The lowest BCUT2D eigenvalue weighted by Gasteiger charge is -2.24. The molecule has 0 aliphatic rings. The SMILES string of the molecule is CSCCC(N)C(=O)NC(CC(C)C)C(=O)NC(C)C(=O)NC(CO)C(=O)O. The van der Waals surface area contributed by atoms with Gasteiger partial charge in [0.2, 0.25) is 17.7 Å². The third-order valence-electron chi connectivity index (χ3n) is 3.86. The average molecular weight is 421 g/mol. The fourth-order valence-electron chi connectivity index (χ4n) is 2.22. The number of rotatable bonds is 13. The summed E-state index contributed by atoms with van der Waals surface area (Å²) in [5, 5.41) is 25.0. The van der Waals surface area contributed by atoms with E-state index in [4.69, 9.17) is 15.9 Å². The van der Waals surface area contributed by atoms with E-state index >= 15 is 0 Å². The minimum atomic E-state index is -1.47. The Labute approximate surface area is 169 Å². The second kappa shape index (κ2) is 13.3. The van der Waals surface area contributed by atoms with Gasteiger partial charge < -0.3 is 31.9 Å². The van der Waals surface area contributed by atoms with Crippen LogP contribution in [-0.4, -0.2) is 76.7 Å². The molecule has 11 heteroatoms. The predicted molar refractivity (Wildman–Crippen MR) is 107 cm³/mol. The summed E-state index contributed by atoms with van der Waals surface area (Å²) in [6.07, 6.45) is 2.72. The molecule has 10 nitrogen and oxygen atoms in total. The number of hydrogen-bond acceptors (Lipinski definition) is 7. The Morgan fingerprint density at radius 3 is 2.00 bits per heavy atom. The van der Waals surface area contributed by atoms with Gasteiger partial charge in [-0.05, 0) is 37.7 Å². The monoisotopic (exact) mass is 420 g/mol. The Kier molecular flexibility index (Phi) is 12.5. The molecule has 4 atom stereocenters. The van der Waals surface area contributed by atoms with Gasteiger partial charge in [-0.2, -0.15) is 11.8 Å². The predicted octanol–water partition coefficient (Wildman–Crippen LogP) is -1.34. The van der Waals surface area contributed by atoms with Crippen LogP contribution in [0.15, 0.2) is 0 Å².